The summed E-state index contributed by atoms with van der Waals surface area (Å²) in [6, 6.07) is 0. The highest BCUT2D eigenvalue weighted by Gasteiger charge is 2.30. The molecule has 0 aromatic carbocycles. The van der Waals surface area contributed by atoms with Crippen LogP contribution in [-0.4, -0.2) is 15.4 Å². The number of hydrogen-bond acceptors (Lipinski definition) is 3. The van der Waals surface area contributed by atoms with Crippen LogP contribution in [0.2, 0.25) is 19.6 Å². The van der Waals surface area contributed by atoms with E-state index in [0.717, 1.165) is 0 Å². The van der Waals surface area contributed by atoms with E-state index in [-0.39, 0.29) is 0 Å². The first kappa shape index (κ1) is 9.24. The smallest absolute Gasteiger partial charge is 0.176 e. The van der Waals surface area contributed by atoms with Gasteiger partial charge in [0, 0.05) is 4.57 Å². The van der Waals surface area contributed by atoms with Gasteiger partial charge in [-0.1, -0.05) is 0 Å². The van der Waals surface area contributed by atoms with Crippen molar-refractivity contribution in [2.75, 3.05) is 7.11 Å². The Morgan fingerprint density at radius 2 is 1.78 bits per heavy atom. The summed E-state index contributed by atoms with van der Waals surface area (Å²) in [5, 5.41) is 0. The van der Waals surface area contributed by atoms with Crippen molar-refractivity contribution in [2.45, 2.75) is 19.6 Å². The molecule has 1 unspecified atom stereocenters. The van der Waals surface area contributed by atoms with E-state index >= 15 is 0 Å². The van der Waals surface area contributed by atoms with E-state index in [1.54, 1.807) is 0 Å². The summed E-state index contributed by atoms with van der Waals surface area (Å²) < 4.78 is 20.0. The molecule has 0 aliphatic heterocycles. The molecule has 0 spiro atoms. The second-order valence-corrected chi connectivity index (χ2v) is 8.38. The number of rotatable bonds is 3. The first-order chi connectivity index (χ1) is 3.95. The molecule has 0 radical (unpaired) electrons. The topological polar surface area (TPSA) is 35.5 Å². The molecule has 0 aromatic heterocycles. The zero-order valence-corrected chi connectivity index (χ0v) is 8.07. The van der Waals surface area contributed by atoms with E-state index in [2.05, 4.69) is 4.52 Å². The highest BCUT2D eigenvalue weighted by atomic mass is 31.1. The molecule has 0 amide bonds. The van der Waals surface area contributed by atoms with Crippen LogP contribution in [0.15, 0.2) is 0 Å². The van der Waals surface area contributed by atoms with Crippen LogP contribution in [0.25, 0.3) is 0 Å². The molecule has 0 heterocycles. The van der Waals surface area contributed by atoms with Gasteiger partial charge in [-0.3, -0.25) is 0 Å². The molecule has 0 bridgehead atoms. The van der Waals surface area contributed by atoms with Crippen LogP contribution in [0.5, 0.6) is 0 Å². The molecule has 1 atom stereocenters. The third-order valence-corrected chi connectivity index (χ3v) is 3.58. The fraction of sp³-hybridized carbons (Fsp3) is 1.00. The largest absolute Gasteiger partial charge is 0.685 e. The summed E-state index contributed by atoms with van der Waals surface area (Å²) in [4.78, 5) is 0. The Labute approximate surface area is 57.4 Å². The van der Waals surface area contributed by atoms with Crippen molar-refractivity contribution in [3.63, 3.8) is 0 Å². The predicted octanol–water partition coefficient (Wildman–Crippen LogP) is 2.14. The fourth-order valence-electron chi connectivity index (χ4n) is 0.261. The Morgan fingerprint density at radius 1 is 1.33 bits per heavy atom. The Kier molecular flexibility index (Phi) is 3.51. The summed E-state index contributed by atoms with van der Waals surface area (Å²) >= 11 is 0. The minimum Gasteiger partial charge on any atom is -0.176 e. The zero-order chi connectivity index (χ0) is 7.49. The van der Waals surface area contributed by atoms with E-state index in [1.165, 1.54) is 7.11 Å². The van der Waals surface area contributed by atoms with Crippen LogP contribution in [0.4, 0.5) is 0 Å². The average Bonchev–Trinajstić information content (AvgIpc) is 1.62. The van der Waals surface area contributed by atoms with Gasteiger partial charge in [-0.25, -0.2) is 0 Å². The molecule has 0 saturated heterocycles. The van der Waals surface area contributed by atoms with Crippen LogP contribution in [-0.2, 0) is 13.3 Å². The Bertz CT molecular complexity index is 109. The van der Waals surface area contributed by atoms with Gasteiger partial charge in [0.1, 0.15) is 0 Å². The summed E-state index contributed by atoms with van der Waals surface area (Å²) in [5.74, 6) is 0. The lowest BCUT2D eigenvalue weighted by molar-refractivity contribution is 0.347. The molecule has 0 aliphatic rings. The molecular formula is C4H12O3PSi+. The lowest BCUT2D eigenvalue weighted by Crippen LogP contribution is -2.21. The van der Waals surface area contributed by atoms with Crippen molar-refractivity contribution >= 4 is 16.6 Å². The van der Waals surface area contributed by atoms with Crippen molar-refractivity contribution in [3.05, 3.63) is 0 Å². The van der Waals surface area contributed by atoms with Crippen LogP contribution in [0, 0.1) is 0 Å². The molecular weight excluding hydrogens is 155 g/mol. The summed E-state index contributed by atoms with van der Waals surface area (Å²) in [6.07, 6.45) is 0. The Morgan fingerprint density at radius 3 is 1.89 bits per heavy atom. The summed E-state index contributed by atoms with van der Waals surface area (Å²) in [7, 11) is -2.13. The predicted molar refractivity (Wildman–Crippen MR) is 39.0 cm³/mol. The van der Waals surface area contributed by atoms with E-state index in [0.29, 0.717) is 0 Å². The molecule has 0 aliphatic carbocycles. The van der Waals surface area contributed by atoms with Gasteiger partial charge in [0.2, 0.25) is 0 Å². The lowest BCUT2D eigenvalue weighted by Gasteiger charge is -2.03. The second-order valence-electron chi connectivity index (χ2n) is 2.61. The van der Waals surface area contributed by atoms with Crippen LogP contribution >= 0.6 is 8.25 Å². The molecule has 0 N–H and O–H groups in total. The van der Waals surface area contributed by atoms with E-state index in [4.69, 9.17) is 4.21 Å². The monoisotopic (exact) mass is 167 g/mol. The van der Waals surface area contributed by atoms with E-state index in [9.17, 15) is 4.57 Å². The molecule has 54 valence electrons. The minimum atomic E-state index is -1.85. The number of hydrogen-bond donors (Lipinski definition) is 0. The highest BCUT2D eigenvalue weighted by molar-refractivity contribution is 7.35. The van der Waals surface area contributed by atoms with Gasteiger partial charge in [0.15, 0.2) is 0 Å². The molecule has 0 saturated carbocycles. The van der Waals surface area contributed by atoms with Crippen molar-refractivity contribution < 1.29 is 13.3 Å². The van der Waals surface area contributed by atoms with Crippen molar-refractivity contribution in [1.82, 2.24) is 0 Å². The van der Waals surface area contributed by atoms with Crippen molar-refractivity contribution in [2.24, 2.45) is 0 Å². The summed E-state index contributed by atoms with van der Waals surface area (Å²) in [6.45, 7) is 5.87. The Hall–Kier alpha value is 0.237. The van der Waals surface area contributed by atoms with Crippen molar-refractivity contribution in [1.29, 1.82) is 0 Å². The minimum absolute atomic E-state index is 1.37. The van der Waals surface area contributed by atoms with Gasteiger partial charge in [0.05, 0.1) is 7.11 Å². The first-order valence-electron chi connectivity index (χ1n) is 2.66. The summed E-state index contributed by atoms with van der Waals surface area (Å²) in [5.41, 5.74) is 0. The van der Waals surface area contributed by atoms with E-state index in [1.807, 2.05) is 19.6 Å². The van der Waals surface area contributed by atoms with Gasteiger partial charge < -0.3 is 0 Å². The standard InChI is InChI=1S/C4H12O3PSi/c1-6-8(5)7-9(2,3)4/h1-4H3/q+1. The van der Waals surface area contributed by atoms with Crippen LogP contribution < -0.4 is 0 Å². The molecule has 5 heteroatoms. The third-order valence-electron chi connectivity index (χ3n) is 0.497. The zero-order valence-electron chi connectivity index (χ0n) is 6.17. The molecule has 0 aromatic rings. The van der Waals surface area contributed by atoms with Gasteiger partial charge in [-0.05, 0) is 19.6 Å². The SMILES string of the molecule is CO[P+](=O)O[Si](C)(C)C. The third kappa shape index (κ3) is 6.12. The first-order valence-corrected chi connectivity index (χ1v) is 7.16. The van der Waals surface area contributed by atoms with Gasteiger partial charge in [0.25, 0.3) is 8.32 Å². The quantitative estimate of drug-likeness (QED) is 0.477. The van der Waals surface area contributed by atoms with Gasteiger partial charge in [-0.15, -0.1) is 4.52 Å². The lowest BCUT2D eigenvalue weighted by atomic mass is 11.8. The van der Waals surface area contributed by atoms with Crippen molar-refractivity contribution in [3.8, 4) is 0 Å². The van der Waals surface area contributed by atoms with E-state index < -0.39 is 16.6 Å². The van der Waals surface area contributed by atoms with Crippen LogP contribution in [0.1, 0.15) is 0 Å². The average molecular weight is 167 g/mol. The Balaban J connectivity index is 3.60. The maximum absolute atomic E-state index is 10.6. The molecule has 0 fully saturated rings. The highest BCUT2D eigenvalue weighted by Crippen LogP contribution is 2.27. The maximum atomic E-state index is 10.6. The maximum Gasteiger partial charge on any atom is 0.685 e. The van der Waals surface area contributed by atoms with Gasteiger partial charge >= 0.3 is 8.25 Å². The second kappa shape index (κ2) is 3.42. The molecule has 9 heavy (non-hydrogen) atoms. The fourth-order valence-corrected chi connectivity index (χ4v) is 2.35. The normalized spacial score (nSPS) is 13.6. The molecule has 3 nitrogen and oxygen atoms in total. The molecule has 0 rings (SSSR count). The van der Waals surface area contributed by atoms with Gasteiger partial charge in [-0.2, -0.15) is 4.21 Å². The van der Waals surface area contributed by atoms with Crippen LogP contribution in [0.3, 0.4) is 0 Å².